The van der Waals surface area contributed by atoms with Gasteiger partial charge in [-0.05, 0) is 27.7 Å². The van der Waals surface area contributed by atoms with Crippen molar-refractivity contribution in [1.29, 1.82) is 0 Å². The van der Waals surface area contributed by atoms with Crippen molar-refractivity contribution in [3.05, 3.63) is 11.1 Å². The molecule has 0 fully saturated rings. The second-order valence-corrected chi connectivity index (χ2v) is 2.00. The Labute approximate surface area is 54.6 Å². The first-order valence-electron chi connectivity index (χ1n) is 2.25. The Morgan fingerprint density at radius 1 is 0.625 bits per heavy atom. The largest absolute Gasteiger partial charge is 0.0778 e. The van der Waals surface area contributed by atoms with Gasteiger partial charge in [0.15, 0.2) is 0 Å². The van der Waals surface area contributed by atoms with Crippen LogP contribution in [0.15, 0.2) is 11.1 Å². The van der Waals surface area contributed by atoms with E-state index in [0.29, 0.717) is 0 Å². The van der Waals surface area contributed by atoms with Crippen LogP contribution in [0, 0.1) is 0 Å². The van der Waals surface area contributed by atoms with Crippen molar-refractivity contribution in [2.75, 3.05) is 0 Å². The van der Waals surface area contributed by atoms with Crippen LogP contribution < -0.4 is 0 Å². The summed E-state index contributed by atoms with van der Waals surface area (Å²) in [5, 5.41) is 0. The fourth-order valence-corrected chi connectivity index (χ4v) is 0. The predicted octanol–water partition coefficient (Wildman–Crippen LogP) is 3.63. The van der Waals surface area contributed by atoms with Crippen LogP contribution in [0.4, 0.5) is 0 Å². The summed E-state index contributed by atoms with van der Waals surface area (Å²) in [6.07, 6.45) is 0. The first-order chi connectivity index (χ1) is 2.64. The summed E-state index contributed by atoms with van der Waals surface area (Å²) in [7, 11) is 0. The molecular weight excluding hydrogens is 96.1 g/mol. The first-order valence-corrected chi connectivity index (χ1v) is 2.25. The van der Waals surface area contributed by atoms with Crippen LogP contribution in [0.3, 0.4) is 0 Å². The summed E-state index contributed by atoms with van der Waals surface area (Å²) in [5.74, 6) is 0. The molecule has 52 valence electrons. The Morgan fingerprint density at radius 3 is 0.750 bits per heavy atom. The molecule has 0 aliphatic carbocycles. The summed E-state index contributed by atoms with van der Waals surface area (Å²) in [6, 6.07) is 0. The van der Waals surface area contributed by atoms with Gasteiger partial charge in [0.2, 0.25) is 0 Å². The van der Waals surface area contributed by atoms with Gasteiger partial charge >= 0.3 is 0 Å². The average molecular weight is 116 g/mol. The van der Waals surface area contributed by atoms with E-state index in [1.165, 1.54) is 11.1 Å². The lowest BCUT2D eigenvalue weighted by Gasteiger charge is -1.88. The standard InChI is InChI=1S/C6H12.2CH4/c1-5(2)6(3)4;;/h1-4H3;2*1H4. The maximum Gasteiger partial charge on any atom is -0.0440 e. The molecule has 0 nitrogen and oxygen atoms in total. The molecule has 0 unspecified atom stereocenters. The quantitative estimate of drug-likeness (QED) is 0.424. The van der Waals surface area contributed by atoms with Gasteiger partial charge in [0, 0.05) is 0 Å². The molecule has 0 heteroatoms. The minimum atomic E-state index is 0. The molecule has 0 saturated heterocycles. The topological polar surface area (TPSA) is 0 Å². The van der Waals surface area contributed by atoms with Gasteiger partial charge in [0.1, 0.15) is 0 Å². The third kappa shape index (κ3) is 9.22. The van der Waals surface area contributed by atoms with Crippen LogP contribution in [0.5, 0.6) is 0 Å². The summed E-state index contributed by atoms with van der Waals surface area (Å²) in [4.78, 5) is 0. The molecule has 0 atom stereocenters. The van der Waals surface area contributed by atoms with Crippen LogP contribution in [-0.4, -0.2) is 0 Å². The molecule has 0 bridgehead atoms. The molecule has 0 spiro atoms. The summed E-state index contributed by atoms with van der Waals surface area (Å²) >= 11 is 0. The fraction of sp³-hybridized carbons (Fsp3) is 0.750. The Balaban J connectivity index is -0.000000125. The molecule has 0 saturated carbocycles. The molecule has 0 aromatic carbocycles. The maximum absolute atomic E-state index is 2.12. The highest BCUT2D eigenvalue weighted by Crippen LogP contribution is 1.96. The Bertz CT molecular complexity index is 50.1. The van der Waals surface area contributed by atoms with Gasteiger partial charge in [0.25, 0.3) is 0 Å². The third-order valence-electron chi connectivity index (χ3n) is 1.00. The Kier molecular flexibility index (Phi) is 13.2. The predicted molar refractivity (Wildman–Crippen MR) is 43.2 cm³/mol. The van der Waals surface area contributed by atoms with Crippen molar-refractivity contribution in [3.8, 4) is 0 Å². The highest BCUT2D eigenvalue weighted by molar-refractivity contribution is 5.02. The molecule has 0 rings (SSSR count). The van der Waals surface area contributed by atoms with E-state index < -0.39 is 0 Å². The fourth-order valence-electron chi connectivity index (χ4n) is 0. The van der Waals surface area contributed by atoms with E-state index in [4.69, 9.17) is 0 Å². The van der Waals surface area contributed by atoms with E-state index >= 15 is 0 Å². The zero-order valence-electron chi connectivity index (χ0n) is 5.00. The van der Waals surface area contributed by atoms with Gasteiger partial charge in [-0.3, -0.25) is 0 Å². The molecule has 0 aliphatic heterocycles. The normalized spacial score (nSPS) is 6.00. The van der Waals surface area contributed by atoms with Crippen LogP contribution >= 0.6 is 0 Å². The second kappa shape index (κ2) is 6.74. The van der Waals surface area contributed by atoms with E-state index in [2.05, 4.69) is 27.7 Å². The minimum Gasteiger partial charge on any atom is -0.0778 e. The van der Waals surface area contributed by atoms with E-state index in [9.17, 15) is 0 Å². The van der Waals surface area contributed by atoms with Gasteiger partial charge in [-0.2, -0.15) is 0 Å². The molecule has 0 aliphatic rings. The van der Waals surface area contributed by atoms with E-state index in [1.807, 2.05) is 0 Å². The molecule has 0 aromatic rings. The van der Waals surface area contributed by atoms with Gasteiger partial charge in [-0.25, -0.2) is 0 Å². The highest BCUT2D eigenvalue weighted by atomic mass is 13.8. The molecule has 0 radical (unpaired) electrons. The second-order valence-electron chi connectivity index (χ2n) is 2.00. The molecule has 0 N–H and O–H groups in total. The zero-order chi connectivity index (χ0) is 5.15. The first kappa shape index (κ1) is 15.6. The third-order valence-corrected chi connectivity index (χ3v) is 1.00. The highest BCUT2D eigenvalue weighted by Gasteiger charge is 1.75. The molecule has 0 amide bonds. The molecule has 0 heterocycles. The van der Waals surface area contributed by atoms with Crippen molar-refractivity contribution < 1.29 is 0 Å². The maximum atomic E-state index is 2.12. The zero-order valence-corrected chi connectivity index (χ0v) is 5.00. The van der Waals surface area contributed by atoms with Crippen LogP contribution in [0.1, 0.15) is 42.5 Å². The van der Waals surface area contributed by atoms with Crippen molar-refractivity contribution >= 4 is 0 Å². The van der Waals surface area contributed by atoms with E-state index in [1.54, 1.807) is 0 Å². The molecule has 0 aromatic heterocycles. The lowest BCUT2D eigenvalue weighted by Crippen LogP contribution is -1.66. The van der Waals surface area contributed by atoms with Crippen molar-refractivity contribution in [2.24, 2.45) is 0 Å². The van der Waals surface area contributed by atoms with E-state index in [0.717, 1.165) is 0 Å². The monoisotopic (exact) mass is 116 g/mol. The molecular formula is C8H20. The van der Waals surface area contributed by atoms with Crippen LogP contribution in [-0.2, 0) is 0 Å². The lowest BCUT2D eigenvalue weighted by molar-refractivity contribution is 1.23. The Morgan fingerprint density at radius 2 is 0.750 bits per heavy atom. The van der Waals surface area contributed by atoms with E-state index in [-0.39, 0.29) is 14.9 Å². The van der Waals surface area contributed by atoms with Crippen molar-refractivity contribution in [2.45, 2.75) is 42.5 Å². The SMILES string of the molecule is C.C.CC(C)=C(C)C. The van der Waals surface area contributed by atoms with Gasteiger partial charge in [0.05, 0.1) is 0 Å². The van der Waals surface area contributed by atoms with Crippen LogP contribution in [0.25, 0.3) is 0 Å². The van der Waals surface area contributed by atoms with Crippen molar-refractivity contribution in [1.82, 2.24) is 0 Å². The summed E-state index contributed by atoms with van der Waals surface area (Å²) in [5.41, 5.74) is 2.85. The number of allylic oxidation sites excluding steroid dienone is 2. The number of rotatable bonds is 0. The number of hydrogen-bond acceptors (Lipinski definition) is 0. The number of hydrogen-bond donors (Lipinski definition) is 0. The average Bonchev–Trinajstić information content (AvgIpc) is 1.36. The Hall–Kier alpha value is -0.260. The van der Waals surface area contributed by atoms with Gasteiger partial charge in [-0.15, -0.1) is 0 Å². The smallest absolute Gasteiger partial charge is 0.0440 e. The van der Waals surface area contributed by atoms with Crippen LogP contribution in [0.2, 0.25) is 0 Å². The van der Waals surface area contributed by atoms with Crippen molar-refractivity contribution in [3.63, 3.8) is 0 Å². The lowest BCUT2D eigenvalue weighted by atomic mass is 10.2. The minimum absolute atomic E-state index is 0. The molecule has 8 heavy (non-hydrogen) atoms. The van der Waals surface area contributed by atoms with Gasteiger partial charge < -0.3 is 0 Å². The van der Waals surface area contributed by atoms with Gasteiger partial charge in [-0.1, -0.05) is 26.0 Å². The summed E-state index contributed by atoms with van der Waals surface area (Å²) < 4.78 is 0. The summed E-state index contributed by atoms with van der Waals surface area (Å²) in [6.45, 7) is 8.48.